The van der Waals surface area contributed by atoms with Gasteiger partial charge in [-0.2, -0.15) is 13.2 Å². The minimum Gasteiger partial charge on any atom is -0.369 e. The summed E-state index contributed by atoms with van der Waals surface area (Å²) in [5.74, 6) is 0.107. The van der Waals surface area contributed by atoms with Crippen LogP contribution in [0, 0.1) is 0 Å². The Labute approximate surface area is 114 Å². The van der Waals surface area contributed by atoms with Gasteiger partial charge < -0.3 is 11.1 Å². The first kappa shape index (κ1) is 13.9. The van der Waals surface area contributed by atoms with Crippen LogP contribution in [0.25, 0.3) is 0 Å². The van der Waals surface area contributed by atoms with Gasteiger partial charge in [0.1, 0.15) is 0 Å². The van der Waals surface area contributed by atoms with Crippen molar-refractivity contribution in [2.75, 3.05) is 5.32 Å². The molecular formula is C14H12F3N3. The maximum Gasteiger partial charge on any atom is 0.416 e. The number of para-hydroxylation sites is 1. The normalized spacial score (nSPS) is 12.2. The fourth-order valence-corrected chi connectivity index (χ4v) is 1.56. The molecule has 20 heavy (non-hydrogen) atoms. The number of nitrogens with one attached hydrogen (secondary N) is 1. The number of nitrogens with zero attached hydrogens (tertiary/aromatic N) is 1. The van der Waals surface area contributed by atoms with Crippen molar-refractivity contribution in [2.24, 2.45) is 10.7 Å². The number of nitrogens with two attached hydrogens (primary N) is 1. The lowest BCUT2D eigenvalue weighted by Gasteiger charge is -2.09. The van der Waals surface area contributed by atoms with Crippen LogP contribution in [0.1, 0.15) is 5.56 Å². The molecule has 0 heterocycles. The molecule has 0 saturated heterocycles. The Bertz CT molecular complexity index is 589. The summed E-state index contributed by atoms with van der Waals surface area (Å²) in [5.41, 5.74) is 6.07. The maximum absolute atomic E-state index is 12.4. The van der Waals surface area contributed by atoms with Crippen molar-refractivity contribution >= 4 is 17.3 Å². The van der Waals surface area contributed by atoms with E-state index in [2.05, 4.69) is 10.3 Å². The largest absolute Gasteiger partial charge is 0.416 e. The van der Waals surface area contributed by atoms with Gasteiger partial charge in [-0.15, -0.1) is 0 Å². The van der Waals surface area contributed by atoms with Gasteiger partial charge in [-0.1, -0.05) is 18.2 Å². The Morgan fingerprint density at radius 2 is 1.55 bits per heavy atom. The van der Waals surface area contributed by atoms with Crippen molar-refractivity contribution < 1.29 is 13.2 Å². The predicted molar refractivity (Wildman–Crippen MR) is 72.8 cm³/mol. The second kappa shape index (κ2) is 5.64. The van der Waals surface area contributed by atoms with Crippen molar-refractivity contribution in [3.63, 3.8) is 0 Å². The van der Waals surface area contributed by atoms with E-state index < -0.39 is 11.7 Å². The van der Waals surface area contributed by atoms with Crippen LogP contribution in [0.4, 0.5) is 24.5 Å². The fraction of sp³-hybridized carbons (Fsp3) is 0.0714. The lowest BCUT2D eigenvalue weighted by Crippen LogP contribution is -2.22. The van der Waals surface area contributed by atoms with Gasteiger partial charge in [0.2, 0.25) is 0 Å². The molecule has 0 spiro atoms. The van der Waals surface area contributed by atoms with E-state index in [1.165, 1.54) is 12.1 Å². The molecule has 2 aromatic carbocycles. The molecular weight excluding hydrogens is 267 g/mol. The number of aliphatic imine (C=N–C) groups is 1. The van der Waals surface area contributed by atoms with E-state index >= 15 is 0 Å². The molecule has 0 bridgehead atoms. The number of benzene rings is 2. The van der Waals surface area contributed by atoms with Gasteiger partial charge in [-0.05, 0) is 36.4 Å². The van der Waals surface area contributed by atoms with Gasteiger partial charge >= 0.3 is 6.18 Å². The Hall–Kier alpha value is -2.50. The third kappa shape index (κ3) is 3.74. The third-order valence-corrected chi connectivity index (χ3v) is 2.49. The first-order valence-corrected chi connectivity index (χ1v) is 5.78. The number of rotatable bonds is 2. The summed E-state index contributed by atoms with van der Waals surface area (Å²) in [6.07, 6.45) is -4.35. The number of hydrogen-bond donors (Lipinski definition) is 2. The number of hydrogen-bond acceptors (Lipinski definition) is 1. The average molecular weight is 279 g/mol. The molecule has 6 heteroatoms. The van der Waals surface area contributed by atoms with Gasteiger partial charge in [-0.3, -0.25) is 0 Å². The smallest absolute Gasteiger partial charge is 0.369 e. The van der Waals surface area contributed by atoms with E-state index in [1.807, 2.05) is 18.2 Å². The summed E-state index contributed by atoms with van der Waals surface area (Å²) < 4.78 is 37.2. The van der Waals surface area contributed by atoms with Crippen LogP contribution in [0.15, 0.2) is 59.6 Å². The van der Waals surface area contributed by atoms with Crippen LogP contribution in [0.2, 0.25) is 0 Å². The number of alkyl halides is 3. The topological polar surface area (TPSA) is 50.4 Å². The summed E-state index contributed by atoms with van der Waals surface area (Å²) >= 11 is 0. The van der Waals surface area contributed by atoms with Crippen LogP contribution in [-0.4, -0.2) is 5.96 Å². The molecule has 0 aliphatic carbocycles. The van der Waals surface area contributed by atoms with E-state index in [9.17, 15) is 13.2 Å². The van der Waals surface area contributed by atoms with E-state index in [0.717, 1.165) is 12.1 Å². The molecule has 0 atom stereocenters. The van der Waals surface area contributed by atoms with Crippen molar-refractivity contribution in [3.8, 4) is 0 Å². The van der Waals surface area contributed by atoms with Gasteiger partial charge in [0.25, 0.3) is 0 Å². The molecule has 0 aliphatic heterocycles. The van der Waals surface area contributed by atoms with Gasteiger partial charge in [0, 0.05) is 5.69 Å². The zero-order chi connectivity index (χ0) is 14.6. The molecule has 3 N–H and O–H groups in total. The molecule has 104 valence electrons. The fourth-order valence-electron chi connectivity index (χ4n) is 1.56. The second-order valence-electron chi connectivity index (χ2n) is 4.03. The Balaban J connectivity index is 2.09. The molecule has 3 nitrogen and oxygen atoms in total. The van der Waals surface area contributed by atoms with Crippen molar-refractivity contribution in [1.82, 2.24) is 0 Å². The highest BCUT2D eigenvalue weighted by atomic mass is 19.4. The van der Waals surface area contributed by atoms with Crippen LogP contribution in [0.5, 0.6) is 0 Å². The highest BCUT2D eigenvalue weighted by molar-refractivity contribution is 5.93. The molecule has 0 aromatic heterocycles. The standard InChI is InChI=1S/C14H12F3N3/c15-14(16,17)10-6-8-12(9-7-10)20-13(18)19-11-4-2-1-3-5-11/h1-9H,(H3,18,19,20). The zero-order valence-corrected chi connectivity index (χ0v) is 10.4. The van der Waals surface area contributed by atoms with Crippen LogP contribution >= 0.6 is 0 Å². The lowest BCUT2D eigenvalue weighted by molar-refractivity contribution is -0.137. The van der Waals surface area contributed by atoms with Crippen molar-refractivity contribution in [1.29, 1.82) is 0 Å². The zero-order valence-electron chi connectivity index (χ0n) is 10.4. The van der Waals surface area contributed by atoms with Crippen LogP contribution in [-0.2, 0) is 6.18 Å². The van der Waals surface area contributed by atoms with Crippen LogP contribution in [0.3, 0.4) is 0 Å². The summed E-state index contributed by atoms with van der Waals surface area (Å²) in [4.78, 5) is 4.09. The van der Waals surface area contributed by atoms with Gasteiger partial charge in [-0.25, -0.2) is 4.99 Å². The highest BCUT2D eigenvalue weighted by Crippen LogP contribution is 2.29. The average Bonchev–Trinajstić information content (AvgIpc) is 2.39. The second-order valence-corrected chi connectivity index (χ2v) is 4.03. The molecule has 0 saturated carbocycles. The predicted octanol–water partition coefficient (Wildman–Crippen LogP) is 3.76. The Morgan fingerprint density at radius 1 is 0.950 bits per heavy atom. The minimum atomic E-state index is -4.35. The molecule has 0 amide bonds. The number of halogens is 3. The molecule has 0 radical (unpaired) electrons. The van der Waals surface area contributed by atoms with E-state index in [1.54, 1.807) is 12.1 Å². The first-order chi connectivity index (χ1) is 9.45. The Kier molecular flexibility index (Phi) is 3.93. The molecule has 0 unspecified atom stereocenters. The molecule has 2 aromatic rings. The lowest BCUT2D eigenvalue weighted by atomic mass is 10.2. The van der Waals surface area contributed by atoms with Gasteiger partial charge in [0.15, 0.2) is 5.96 Å². The maximum atomic E-state index is 12.4. The summed E-state index contributed by atoms with van der Waals surface area (Å²) in [6.45, 7) is 0. The van der Waals surface area contributed by atoms with Gasteiger partial charge in [0.05, 0.1) is 11.3 Å². The number of guanidine groups is 1. The molecule has 0 aliphatic rings. The summed E-state index contributed by atoms with van der Waals surface area (Å²) in [7, 11) is 0. The minimum absolute atomic E-state index is 0.107. The van der Waals surface area contributed by atoms with E-state index in [0.29, 0.717) is 11.4 Å². The monoisotopic (exact) mass is 279 g/mol. The third-order valence-electron chi connectivity index (χ3n) is 2.49. The van der Waals surface area contributed by atoms with E-state index in [4.69, 9.17) is 5.73 Å². The van der Waals surface area contributed by atoms with Crippen molar-refractivity contribution in [3.05, 3.63) is 60.2 Å². The highest BCUT2D eigenvalue weighted by Gasteiger charge is 2.29. The van der Waals surface area contributed by atoms with Crippen LogP contribution < -0.4 is 11.1 Å². The number of anilines is 1. The summed E-state index contributed by atoms with van der Waals surface area (Å²) in [6, 6.07) is 13.6. The SMILES string of the molecule is NC(=Nc1ccccc1)Nc1ccc(C(F)(F)F)cc1. The summed E-state index contributed by atoms with van der Waals surface area (Å²) in [5, 5.41) is 2.73. The molecule has 2 rings (SSSR count). The first-order valence-electron chi connectivity index (χ1n) is 5.78. The van der Waals surface area contributed by atoms with E-state index in [-0.39, 0.29) is 5.96 Å². The quantitative estimate of drug-likeness (QED) is 0.649. The van der Waals surface area contributed by atoms with Crippen molar-refractivity contribution in [2.45, 2.75) is 6.18 Å². The Morgan fingerprint density at radius 3 is 2.10 bits per heavy atom. The molecule has 0 fully saturated rings.